The average molecular weight is 394 g/mol. The molecule has 29 heavy (non-hydrogen) atoms. The van der Waals surface area contributed by atoms with E-state index < -0.39 is 0 Å². The van der Waals surface area contributed by atoms with Crippen LogP contribution >= 0.6 is 0 Å². The number of methoxy groups -OCH3 is 1. The van der Waals surface area contributed by atoms with Crippen molar-refractivity contribution in [1.29, 1.82) is 0 Å². The van der Waals surface area contributed by atoms with E-state index in [0.29, 0.717) is 45.0 Å². The molecule has 0 radical (unpaired) electrons. The Bertz CT molecular complexity index is 864. The molecule has 0 unspecified atom stereocenters. The normalized spacial score (nSPS) is 21.8. The number of hydrogen-bond acceptors (Lipinski definition) is 4. The van der Waals surface area contributed by atoms with Crippen LogP contribution in [0.15, 0.2) is 54.6 Å². The molecule has 4 rings (SSSR count). The second kappa shape index (κ2) is 8.66. The molecule has 152 valence electrons. The third-order valence-electron chi connectivity index (χ3n) is 5.81. The number of amides is 2. The van der Waals surface area contributed by atoms with Crippen LogP contribution in [0.25, 0.3) is 0 Å². The Morgan fingerprint density at radius 3 is 2.34 bits per heavy atom. The van der Waals surface area contributed by atoms with Crippen molar-refractivity contribution in [2.45, 2.75) is 5.92 Å². The lowest BCUT2D eigenvalue weighted by molar-refractivity contribution is -0.139. The molecule has 0 bridgehead atoms. The molecule has 2 fully saturated rings. The Kier molecular flexibility index (Phi) is 5.81. The first-order valence-corrected chi connectivity index (χ1v) is 10.0. The van der Waals surface area contributed by atoms with E-state index in [9.17, 15) is 9.59 Å². The highest BCUT2D eigenvalue weighted by molar-refractivity contribution is 5.95. The van der Waals surface area contributed by atoms with Gasteiger partial charge in [-0.05, 0) is 23.8 Å². The van der Waals surface area contributed by atoms with Crippen LogP contribution in [0.1, 0.15) is 21.8 Å². The van der Waals surface area contributed by atoms with E-state index in [1.54, 1.807) is 12.0 Å². The molecule has 0 N–H and O–H groups in total. The van der Waals surface area contributed by atoms with E-state index in [2.05, 4.69) is 0 Å². The molecular formula is C23H26N2O4. The first-order valence-electron chi connectivity index (χ1n) is 10.0. The minimum absolute atomic E-state index is 0.0391. The summed E-state index contributed by atoms with van der Waals surface area (Å²) in [5, 5.41) is 0. The summed E-state index contributed by atoms with van der Waals surface area (Å²) in [4.78, 5) is 30.1. The van der Waals surface area contributed by atoms with Gasteiger partial charge in [-0.15, -0.1) is 0 Å². The fraction of sp³-hybridized carbons (Fsp3) is 0.391. The number of rotatable bonds is 4. The third kappa shape index (κ3) is 3.98. The standard InChI is InChI=1S/C23H26N2O4/c1-28-21-10-6-5-9-18(21)19-15-25(22(26)17-7-3-2-4-8-17)16-20(19)23(27)24-11-13-29-14-12-24/h2-10,19-20H,11-16H2,1H3/t19-,20-/m0/s1. The highest BCUT2D eigenvalue weighted by Crippen LogP contribution is 2.39. The molecule has 2 aromatic rings. The minimum atomic E-state index is -0.294. The van der Waals surface area contributed by atoms with E-state index in [0.717, 1.165) is 11.3 Å². The first kappa shape index (κ1) is 19.5. The van der Waals surface area contributed by atoms with Crippen LogP contribution < -0.4 is 4.74 Å². The summed E-state index contributed by atoms with van der Waals surface area (Å²) in [6.45, 7) is 3.22. The molecule has 0 aliphatic carbocycles. The Balaban J connectivity index is 1.64. The largest absolute Gasteiger partial charge is 0.496 e. The van der Waals surface area contributed by atoms with Gasteiger partial charge >= 0.3 is 0 Å². The zero-order valence-corrected chi connectivity index (χ0v) is 16.6. The lowest BCUT2D eigenvalue weighted by atomic mass is 9.87. The van der Waals surface area contributed by atoms with E-state index >= 15 is 0 Å². The number of nitrogens with zero attached hydrogens (tertiary/aromatic N) is 2. The van der Waals surface area contributed by atoms with Crippen molar-refractivity contribution < 1.29 is 19.1 Å². The molecule has 2 amide bonds. The quantitative estimate of drug-likeness (QED) is 0.799. The lowest BCUT2D eigenvalue weighted by Gasteiger charge is -2.31. The maximum absolute atomic E-state index is 13.4. The minimum Gasteiger partial charge on any atom is -0.496 e. The maximum atomic E-state index is 13.4. The van der Waals surface area contributed by atoms with Crippen LogP contribution in [0.2, 0.25) is 0 Å². The number of para-hydroxylation sites is 1. The van der Waals surface area contributed by atoms with Crippen LogP contribution in [0.5, 0.6) is 5.75 Å². The molecule has 0 aromatic heterocycles. The Hall–Kier alpha value is -2.86. The molecule has 6 heteroatoms. The van der Waals surface area contributed by atoms with E-state index in [1.165, 1.54) is 0 Å². The first-order chi connectivity index (χ1) is 14.2. The second-order valence-corrected chi connectivity index (χ2v) is 7.47. The lowest BCUT2D eigenvalue weighted by Crippen LogP contribution is -2.45. The topological polar surface area (TPSA) is 59.1 Å². The molecule has 2 aromatic carbocycles. The summed E-state index contributed by atoms with van der Waals surface area (Å²) >= 11 is 0. The van der Waals surface area contributed by atoms with Gasteiger partial charge < -0.3 is 19.3 Å². The summed E-state index contributed by atoms with van der Waals surface area (Å²) in [6.07, 6.45) is 0. The molecule has 6 nitrogen and oxygen atoms in total. The van der Waals surface area contributed by atoms with Gasteiger partial charge in [-0.3, -0.25) is 9.59 Å². The highest BCUT2D eigenvalue weighted by atomic mass is 16.5. The number of hydrogen-bond donors (Lipinski definition) is 0. The fourth-order valence-electron chi connectivity index (χ4n) is 4.29. The van der Waals surface area contributed by atoms with Gasteiger partial charge in [-0.1, -0.05) is 36.4 Å². The predicted octanol–water partition coefficient (Wildman–Crippen LogP) is 2.41. The van der Waals surface area contributed by atoms with Gasteiger partial charge in [0.15, 0.2) is 0 Å². The van der Waals surface area contributed by atoms with E-state index in [4.69, 9.17) is 9.47 Å². The van der Waals surface area contributed by atoms with Gasteiger partial charge in [0.2, 0.25) is 5.91 Å². The second-order valence-electron chi connectivity index (χ2n) is 7.47. The Labute approximate surface area is 171 Å². The number of benzene rings is 2. The van der Waals surface area contributed by atoms with Crippen LogP contribution in [0, 0.1) is 5.92 Å². The summed E-state index contributed by atoms with van der Waals surface area (Å²) in [5.74, 6) is 0.410. The average Bonchev–Trinajstić information content (AvgIpc) is 3.24. The molecule has 2 atom stereocenters. The van der Waals surface area contributed by atoms with Crippen molar-refractivity contribution in [1.82, 2.24) is 9.80 Å². The molecule has 0 spiro atoms. The van der Waals surface area contributed by atoms with Crippen molar-refractivity contribution >= 4 is 11.8 Å². The summed E-state index contributed by atoms with van der Waals surface area (Å²) < 4.78 is 11.0. The van der Waals surface area contributed by atoms with Gasteiger partial charge in [-0.2, -0.15) is 0 Å². The number of ether oxygens (including phenoxy) is 2. The number of carbonyl (C=O) groups excluding carboxylic acids is 2. The maximum Gasteiger partial charge on any atom is 0.253 e. The zero-order chi connectivity index (χ0) is 20.2. The smallest absolute Gasteiger partial charge is 0.253 e. The molecule has 0 saturated carbocycles. The molecule has 2 saturated heterocycles. The summed E-state index contributed by atoms with van der Waals surface area (Å²) in [6, 6.07) is 17.0. The Morgan fingerprint density at radius 1 is 0.931 bits per heavy atom. The third-order valence-corrected chi connectivity index (χ3v) is 5.81. The van der Waals surface area contributed by atoms with Crippen molar-refractivity contribution in [2.24, 2.45) is 5.92 Å². The number of morpholine rings is 1. The van der Waals surface area contributed by atoms with Crippen molar-refractivity contribution in [3.8, 4) is 5.75 Å². The van der Waals surface area contributed by atoms with Crippen LogP contribution in [0.3, 0.4) is 0 Å². The molecule has 2 heterocycles. The Morgan fingerprint density at radius 2 is 1.62 bits per heavy atom. The van der Waals surface area contributed by atoms with E-state index in [-0.39, 0.29) is 23.7 Å². The van der Waals surface area contributed by atoms with Crippen molar-refractivity contribution in [3.63, 3.8) is 0 Å². The molecule has 2 aliphatic heterocycles. The highest BCUT2D eigenvalue weighted by Gasteiger charge is 2.43. The van der Waals surface area contributed by atoms with Gasteiger partial charge in [0.25, 0.3) is 5.91 Å². The van der Waals surface area contributed by atoms with Gasteiger partial charge in [0.05, 0.1) is 26.2 Å². The number of carbonyl (C=O) groups is 2. The van der Waals surface area contributed by atoms with Crippen LogP contribution in [0.4, 0.5) is 0 Å². The van der Waals surface area contributed by atoms with Gasteiger partial charge in [0.1, 0.15) is 5.75 Å². The fourth-order valence-corrected chi connectivity index (χ4v) is 4.29. The summed E-state index contributed by atoms with van der Waals surface area (Å²) in [7, 11) is 1.64. The summed E-state index contributed by atoms with van der Waals surface area (Å²) in [5.41, 5.74) is 1.62. The van der Waals surface area contributed by atoms with Crippen LogP contribution in [-0.4, -0.2) is 68.1 Å². The molecular weight excluding hydrogens is 368 g/mol. The zero-order valence-electron chi connectivity index (χ0n) is 16.6. The van der Waals surface area contributed by atoms with Crippen molar-refractivity contribution in [2.75, 3.05) is 46.5 Å². The molecule has 2 aliphatic rings. The monoisotopic (exact) mass is 394 g/mol. The van der Waals surface area contributed by atoms with Crippen molar-refractivity contribution in [3.05, 3.63) is 65.7 Å². The van der Waals surface area contributed by atoms with E-state index in [1.807, 2.05) is 59.5 Å². The predicted molar refractivity (Wildman–Crippen MR) is 109 cm³/mol. The van der Waals surface area contributed by atoms with Gasteiger partial charge in [0, 0.05) is 37.7 Å². The van der Waals surface area contributed by atoms with Gasteiger partial charge in [-0.25, -0.2) is 0 Å². The van der Waals surface area contributed by atoms with Crippen LogP contribution in [-0.2, 0) is 9.53 Å². The number of likely N-dealkylation sites (tertiary alicyclic amines) is 1. The SMILES string of the molecule is COc1ccccc1[C@@H]1CN(C(=O)c2ccccc2)C[C@@H]1C(=O)N1CCOCC1.